The van der Waals surface area contributed by atoms with Crippen LogP contribution in [-0.2, 0) is 9.59 Å². The number of carboxylic acids is 1. The summed E-state index contributed by atoms with van der Waals surface area (Å²) in [6.07, 6.45) is 1.91. The zero-order valence-electron chi connectivity index (χ0n) is 12.2. The van der Waals surface area contributed by atoms with Crippen LogP contribution in [0.3, 0.4) is 0 Å². The molecule has 1 heterocycles. The number of carbonyl (C=O) groups is 2. The van der Waals surface area contributed by atoms with Crippen LogP contribution in [0.4, 0.5) is 0 Å². The molecule has 5 heteroatoms. The van der Waals surface area contributed by atoms with Crippen LogP contribution >= 0.6 is 0 Å². The lowest BCUT2D eigenvalue weighted by molar-refractivity contribution is -0.157. The summed E-state index contributed by atoms with van der Waals surface area (Å²) in [5.41, 5.74) is -1.02. The highest BCUT2D eigenvalue weighted by Crippen LogP contribution is 2.33. The minimum Gasteiger partial charge on any atom is -0.493 e. The van der Waals surface area contributed by atoms with Crippen LogP contribution in [0.25, 0.3) is 0 Å². The van der Waals surface area contributed by atoms with E-state index in [0.29, 0.717) is 25.1 Å². The van der Waals surface area contributed by atoms with Crippen molar-refractivity contribution >= 4 is 11.9 Å². The average Bonchev–Trinajstić information content (AvgIpc) is 2.93. The molecular weight excluding hydrogens is 270 g/mol. The molecule has 1 aromatic rings. The Balaban J connectivity index is 1.92. The summed E-state index contributed by atoms with van der Waals surface area (Å²) in [4.78, 5) is 25.4. The lowest BCUT2D eigenvalue weighted by Gasteiger charge is -2.34. The van der Waals surface area contributed by atoms with E-state index >= 15 is 0 Å². The predicted octanol–water partition coefficient (Wildman–Crippen LogP) is 2.31. The summed E-state index contributed by atoms with van der Waals surface area (Å²) in [5.74, 6) is -0.334. The molecule has 0 saturated carbocycles. The highest BCUT2D eigenvalue weighted by molar-refractivity contribution is 5.87. The Kier molecular flexibility index (Phi) is 4.83. The number of carboxylic acid groups (broad SMARTS) is 1. The van der Waals surface area contributed by atoms with E-state index in [9.17, 15) is 14.7 Å². The van der Waals surface area contributed by atoms with Crippen LogP contribution in [0.15, 0.2) is 30.3 Å². The van der Waals surface area contributed by atoms with Gasteiger partial charge in [0.15, 0.2) is 0 Å². The summed E-state index contributed by atoms with van der Waals surface area (Å²) in [5, 5.41) is 9.46. The van der Waals surface area contributed by atoms with Crippen molar-refractivity contribution in [2.75, 3.05) is 13.2 Å². The van der Waals surface area contributed by atoms with Gasteiger partial charge in [-0.15, -0.1) is 0 Å². The molecule has 1 unspecified atom stereocenters. The minimum absolute atomic E-state index is 0.146. The second-order valence-electron chi connectivity index (χ2n) is 5.25. The van der Waals surface area contributed by atoms with Crippen LogP contribution in [-0.4, -0.2) is 40.6 Å². The molecule has 0 aromatic heterocycles. The molecule has 1 saturated heterocycles. The Morgan fingerprint density at radius 2 is 2.05 bits per heavy atom. The number of hydrogen-bond donors (Lipinski definition) is 1. The third-order valence-corrected chi connectivity index (χ3v) is 4.10. The van der Waals surface area contributed by atoms with Crippen molar-refractivity contribution in [3.8, 4) is 5.75 Å². The van der Waals surface area contributed by atoms with E-state index in [4.69, 9.17) is 4.74 Å². The second-order valence-corrected chi connectivity index (χ2v) is 5.25. The quantitative estimate of drug-likeness (QED) is 0.873. The maximum absolute atomic E-state index is 12.3. The van der Waals surface area contributed by atoms with Gasteiger partial charge in [-0.3, -0.25) is 4.79 Å². The smallest absolute Gasteiger partial charge is 0.329 e. The van der Waals surface area contributed by atoms with E-state index in [-0.39, 0.29) is 18.9 Å². The van der Waals surface area contributed by atoms with Crippen LogP contribution in [0.1, 0.15) is 32.6 Å². The molecule has 1 aromatic carbocycles. The highest BCUT2D eigenvalue weighted by atomic mass is 16.5. The molecular formula is C16H21NO4. The first-order chi connectivity index (χ1) is 10.1. The van der Waals surface area contributed by atoms with Gasteiger partial charge in [-0.1, -0.05) is 25.1 Å². The Labute approximate surface area is 124 Å². The van der Waals surface area contributed by atoms with Crippen molar-refractivity contribution in [2.45, 2.75) is 38.1 Å². The maximum atomic E-state index is 12.3. The van der Waals surface area contributed by atoms with Crippen molar-refractivity contribution < 1.29 is 19.4 Å². The van der Waals surface area contributed by atoms with Gasteiger partial charge >= 0.3 is 5.97 Å². The molecule has 21 heavy (non-hydrogen) atoms. The number of para-hydroxylation sites is 1. The molecule has 5 nitrogen and oxygen atoms in total. The predicted molar refractivity (Wildman–Crippen MR) is 78.2 cm³/mol. The van der Waals surface area contributed by atoms with Crippen molar-refractivity contribution in [3.05, 3.63) is 30.3 Å². The second kappa shape index (κ2) is 6.61. The summed E-state index contributed by atoms with van der Waals surface area (Å²) in [6.45, 7) is 2.60. The number of carbonyl (C=O) groups excluding carboxylic acids is 1. The fourth-order valence-electron chi connectivity index (χ4n) is 2.89. The van der Waals surface area contributed by atoms with Gasteiger partial charge in [-0.25, -0.2) is 4.79 Å². The lowest BCUT2D eigenvalue weighted by atomic mass is 9.93. The van der Waals surface area contributed by atoms with Gasteiger partial charge in [-0.05, 0) is 31.4 Å². The molecule has 1 aliphatic rings. The number of likely N-dealkylation sites (tertiary alicyclic amines) is 1. The molecule has 1 atom stereocenters. The van der Waals surface area contributed by atoms with Gasteiger partial charge in [0.05, 0.1) is 13.0 Å². The molecule has 1 N–H and O–H groups in total. The molecule has 1 fully saturated rings. The van der Waals surface area contributed by atoms with Gasteiger partial charge in [0.1, 0.15) is 11.3 Å². The van der Waals surface area contributed by atoms with Crippen molar-refractivity contribution in [2.24, 2.45) is 0 Å². The van der Waals surface area contributed by atoms with Gasteiger partial charge < -0.3 is 14.7 Å². The standard InChI is InChI=1S/C16H21NO4/c1-2-16(15(19)20)10-6-11-17(16)14(18)9-12-21-13-7-4-3-5-8-13/h3-5,7-8H,2,6,9-12H2,1H3,(H,19,20). The zero-order valence-corrected chi connectivity index (χ0v) is 12.2. The van der Waals surface area contributed by atoms with Crippen molar-refractivity contribution in [1.82, 2.24) is 4.90 Å². The average molecular weight is 291 g/mol. The molecule has 2 rings (SSSR count). The largest absolute Gasteiger partial charge is 0.493 e. The summed E-state index contributed by atoms with van der Waals surface area (Å²) in [7, 11) is 0. The van der Waals surface area contributed by atoms with E-state index in [1.165, 1.54) is 4.90 Å². The Bertz CT molecular complexity index is 502. The number of ether oxygens (including phenoxy) is 1. The molecule has 1 amide bonds. The Morgan fingerprint density at radius 3 is 2.67 bits per heavy atom. The molecule has 0 spiro atoms. The van der Waals surface area contributed by atoms with Gasteiger partial charge in [0.2, 0.25) is 5.91 Å². The van der Waals surface area contributed by atoms with E-state index in [2.05, 4.69) is 0 Å². The third-order valence-electron chi connectivity index (χ3n) is 4.10. The first-order valence-corrected chi connectivity index (χ1v) is 7.32. The molecule has 114 valence electrons. The summed E-state index contributed by atoms with van der Waals surface area (Å²) < 4.78 is 5.50. The summed E-state index contributed by atoms with van der Waals surface area (Å²) >= 11 is 0. The van der Waals surface area contributed by atoms with Crippen LogP contribution < -0.4 is 4.74 Å². The number of benzene rings is 1. The van der Waals surface area contributed by atoms with Crippen LogP contribution in [0.5, 0.6) is 5.75 Å². The zero-order chi connectivity index (χ0) is 15.3. The first kappa shape index (κ1) is 15.4. The minimum atomic E-state index is -1.02. The lowest BCUT2D eigenvalue weighted by Crippen LogP contribution is -2.52. The normalized spacial score (nSPS) is 21.3. The number of rotatable bonds is 6. The van der Waals surface area contributed by atoms with E-state index in [1.54, 1.807) is 0 Å². The van der Waals surface area contributed by atoms with Crippen LogP contribution in [0.2, 0.25) is 0 Å². The van der Waals surface area contributed by atoms with E-state index in [1.807, 2.05) is 37.3 Å². The van der Waals surface area contributed by atoms with Crippen LogP contribution in [0, 0.1) is 0 Å². The Morgan fingerprint density at radius 1 is 1.33 bits per heavy atom. The molecule has 0 radical (unpaired) electrons. The van der Waals surface area contributed by atoms with Crippen molar-refractivity contribution in [3.63, 3.8) is 0 Å². The van der Waals surface area contributed by atoms with E-state index in [0.717, 1.165) is 6.42 Å². The number of aliphatic carboxylic acids is 1. The van der Waals surface area contributed by atoms with Gasteiger partial charge in [0, 0.05) is 6.54 Å². The molecule has 0 aliphatic carbocycles. The SMILES string of the molecule is CCC1(C(=O)O)CCCN1C(=O)CCOc1ccccc1. The fraction of sp³-hybridized carbons (Fsp3) is 0.500. The highest BCUT2D eigenvalue weighted by Gasteiger charge is 2.48. The summed E-state index contributed by atoms with van der Waals surface area (Å²) in [6, 6.07) is 9.28. The van der Waals surface area contributed by atoms with Gasteiger partial charge in [0.25, 0.3) is 0 Å². The number of nitrogens with zero attached hydrogens (tertiary/aromatic N) is 1. The van der Waals surface area contributed by atoms with Gasteiger partial charge in [-0.2, -0.15) is 0 Å². The fourth-order valence-corrected chi connectivity index (χ4v) is 2.89. The first-order valence-electron chi connectivity index (χ1n) is 7.32. The third kappa shape index (κ3) is 3.17. The van der Waals surface area contributed by atoms with E-state index < -0.39 is 11.5 Å². The monoisotopic (exact) mass is 291 g/mol. The maximum Gasteiger partial charge on any atom is 0.329 e. The Hall–Kier alpha value is -2.04. The topological polar surface area (TPSA) is 66.8 Å². The number of hydrogen-bond acceptors (Lipinski definition) is 3. The number of amides is 1. The molecule has 0 bridgehead atoms. The van der Waals surface area contributed by atoms with Crippen molar-refractivity contribution in [1.29, 1.82) is 0 Å². The molecule has 1 aliphatic heterocycles.